The molecule has 1 fully saturated rings. The minimum Gasteiger partial charge on any atom is -0.379 e. The first-order valence-electron chi connectivity index (χ1n) is 2.79. The number of rotatable bonds is 0. The van der Waals surface area contributed by atoms with Crippen LogP contribution in [-0.2, 0) is 4.74 Å². The lowest BCUT2D eigenvalue weighted by Gasteiger charge is -2.25. The quantitative estimate of drug-likeness (QED) is 0.457. The van der Waals surface area contributed by atoms with Gasteiger partial charge in [0, 0.05) is 6.61 Å². The molecule has 1 rings (SSSR count). The molecule has 1 atom stereocenters. The maximum absolute atomic E-state index is 5.92. The SMILES string of the molecule is CC1(Cl)C[CH]COC1. The van der Waals surface area contributed by atoms with Gasteiger partial charge in [0.1, 0.15) is 0 Å². The molecule has 1 unspecified atom stereocenters. The zero-order valence-electron chi connectivity index (χ0n) is 4.98. The molecular weight excluding hydrogens is 124 g/mol. The van der Waals surface area contributed by atoms with E-state index in [1.807, 2.05) is 6.92 Å². The van der Waals surface area contributed by atoms with Gasteiger partial charge in [0.25, 0.3) is 0 Å². The van der Waals surface area contributed by atoms with E-state index in [4.69, 9.17) is 16.3 Å². The molecule has 0 bridgehead atoms. The van der Waals surface area contributed by atoms with Gasteiger partial charge in [0.2, 0.25) is 0 Å². The molecule has 1 aliphatic heterocycles. The summed E-state index contributed by atoms with van der Waals surface area (Å²) in [6, 6.07) is 0. The van der Waals surface area contributed by atoms with E-state index < -0.39 is 0 Å². The highest BCUT2D eigenvalue weighted by Gasteiger charge is 2.23. The molecule has 0 aromatic carbocycles. The lowest BCUT2D eigenvalue weighted by Crippen LogP contribution is -2.29. The van der Waals surface area contributed by atoms with Crippen LogP contribution in [0.5, 0.6) is 0 Å². The molecule has 1 heterocycles. The molecule has 2 heteroatoms. The average Bonchev–Trinajstić information content (AvgIpc) is 1.65. The summed E-state index contributed by atoms with van der Waals surface area (Å²) < 4.78 is 5.10. The van der Waals surface area contributed by atoms with Crippen molar-refractivity contribution in [1.29, 1.82) is 0 Å². The number of hydrogen-bond acceptors (Lipinski definition) is 1. The minimum atomic E-state index is -0.127. The summed E-state index contributed by atoms with van der Waals surface area (Å²) in [5.74, 6) is 0. The summed E-state index contributed by atoms with van der Waals surface area (Å²) in [6.45, 7) is 3.44. The molecule has 1 radical (unpaired) electrons. The van der Waals surface area contributed by atoms with E-state index in [-0.39, 0.29) is 4.87 Å². The van der Waals surface area contributed by atoms with E-state index in [1.165, 1.54) is 0 Å². The van der Waals surface area contributed by atoms with Crippen LogP contribution in [0.3, 0.4) is 0 Å². The predicted molar refractivity (Wildman–Crippen MR) is 34.0 cm³/mol. The van der Waals surface area contributed by atoms with Crippen LogP contribution in [0, 0.1) is 6.42 Å². The van der Waals surface area contributed by atoms with Crippen LogP contribution in [-0.4, -0.2) is 18.1 Å². The van der Waals surface area contributed by atoms with Gasteiger partial charge in [-0.1, -0.05) is 0 Å². The van der Waals surface area contributed by atoms with E-state index in [1.54, 1.807) is 0 Å². The van der Waals surface area contributed by atoms with Crippen molar-refractivity contribution in [2.45, 2.75) is 18.2 Å². The van der Waals surface area contributed by atoms with Crippen molar-refractivity contribution in [2.75, 3.05) is 13.2 Å². The van der Waals surface area contributed by atoms with Crippen LogP contribution >= 0.6 is 11.6 Å². The van der Waals surface area contributed by atoms with E-state index >= 15 is 0 Å². The zero-order chi connectivity index (χ0) is 6.04. The maximum Gasteiger partial charge on any atom is 0.0655 e. The summed E-state index contributed by atoms with van der Waals surface area (Å²) in [6.07, 6.45) is 3.03. The fraction of sp³-hybridized carbons (Fsp3) is 0.833. The summed E-state index contributed by atoms with van der Waals surface area (Å²) in [5.41, 5.74) is 0. The minimum absolute atomic E-state index is 0.127. The summed E-state index contributed by atoms with van der Waals surface area (Å²) in [7, 11) is 0. The maximum atomic E-state index is 5.92. The Morgan fingerprint density at radius 3 is 2.75 bits per heavy atom. The molecule has 1 aliphatic rings. The molecule has 0 amide bonds. The van der Waals surface area contributed by atoms with Gasteiger partial charge < -0.3 is 4.74 Å². The van der Waals surface area contributed by atoms with Gasteiger partial charge in [-0.3, -0.25) is 0 Å². The third-order valence-electron chi connectivity index (χ3n) is 1.21. The van der Waals surface area contributed by atoms with Gasteiger partial charge in [0.15, 0.2) is 0 Å². The molecule has 1 nitrogen and oxygen atoms in total. The summed E-state index contributed by atoms with van der Waals surface area (Å²) >= 11 is 5.92. The summed E-state index contributed by atoms with van der Waals surface area (Å²) in [5, 5.41) is 0. The Kier molecular flexibility index (Phi) is 1.78. The number of halogens is 1. The van der Waals surface area contributed by atoms with Gasteiger partial charge in [-0.05, 0) is 19.8 Å². The first-order valence-corrected chi connectivity index (χ1v) is 3.17. The van der Waals surface area contributed by atoms with Gasteiger partial charge in [-0.25, -0.2) is 0 Å². The fourth-order valence-electron chi connectivity index (χ4n) is 0.774. The van der Waals surface area contributed by atoms with Crippen LogP contribution in [0.15, 0.2) is 0 Å². The lowest BCUT2D eigenvalue weighted by atomic mass is 10.0. The molecular formula is C6H10ClO. The Hall–Kier alpha value is 0.250. The predicted octanol–water partition coefficient (Wildman–Crippen LogP) is 1.61. The number of hydrogen-bond donors (Lipinski definition) is 0. The molecule has 0 spiro atoms. The van der Waals surface area contributed by atoms with Crippen molar-refractivity contribution in [2.24, 2.45) is 0 Å². The standard InChI is InChI=1S/C6H10ClO/c1-6(7)3-2-4-8-5-6/h2H,3-5H2,1H3. The lowest BCUT2D eigenvalue weighted by molar-refractivity contribution is 0.102. The van der Waals surface area contributed by atoms with Crippen molar-refractivity contribution >= 4 is 11.6 Å². The van der Waals surface area contributed by atoms with E-state index in [0.717, 1.165) is 13.0 Å². The van der Waals surface area contributed by atoms with E-state index in [0.29, 0.717) is 6.61 Å². The summed E-state index contributed by atoms with van der Waals surface area (Å²) in [4.78, 5) is -0.127. The average molecular weight is 134 g/mol. The first-order chi connectivity index (χ1) is 3.71. The van der Waals surface area contributed by atoms with Gasteiger partial charge in [-0.2, -0.15) is 0 Å². The normalized spacial score (nSPS) is 39.8. The smallest absolute Gasteiger partial charge is 0.0655 e. The van der Waals surface area contributed by atoms with Gasteiger partial charge in [-0.15, -0.1) is 11.6 Å². The van der Waals surface area contributed by atoms with Crippen molar-refractivity contribution < 1.29 is 4.74 Å². The van der Waals surface area contributed by atoms with Gasteiger partial charge >= 0.3 is 0 Å². The Morgan fingerprint density at radius 1 is 1.75 bits per heavy atom. The Morgan fingerprint density at radius 2 is 2.50 bits per heavy atom. The monoisotopic (exact) mass is 133 g/mol. The van der Waals surface area contributed by atoms with E-state index in [9.17, 15) is 0 Å². The van der Waals surface area contributed by atoms with Crippen LogP contribution in [0.2, 0.25) is 0 Å². The van der Waals surface area contributed by atoms with Gasteiger partial charge in [0.05, 0.1) is 11.5 Å². The topological polar surface area (TPSA) is 9.23 Å². The van der Waals surface area contributed by atoms with Crippen LogP contribution in [0.25, 0.3) is 0 Å². The highest BCUT2D eigenvalue weighted by Crippen LogP contribution is 2.24. The second-order valence-electron chi connectivity index (χ2n) is 2.42. The highest BCUT2D eigenvalue weighted by atomic mass is 35.5. The van der Waals surface area contributed by atoms with E-state index in [2.05, 4.69) is 6.42 Å². The first kappa shape index (κ1) is 6.37. The number of alkyl halides is 1. The van der Waals surface area contributed by atoms with Crippen molar-refractivity contribution in [1.82, 2.24) is 0 Å². The molecule has 0 aromatic heterocycles. The Balaban J connectivity index is 2.33. The molecule has 0 N–H and O–H groups in total. The second-order valence-corrected chi connectivity index (χ2v) is 3.33. The Labute approximate surface area is 55.0 Å². The van der Waals surface area contributed by atoms with Crippen LogP contribution in [0.1, 0.15) is 13.3 Å². The third kappa shape index (κ3) is 1.64. The molecule has 8 heavy (non-hydrogen) atoms. The largest absolute Gasteiger partial charge is 0.379 e. The molecule has 47 valence electrons. The van der Waals surface area contributed by atoms with Crippen LogP contribution < -0.4 is 0 Å². The van der Waals surface area contributed by atoms with Crippen LogP contribution in [0.4, 0.5) is 0 Å². The van der Waals surface area contributed by atoms with Crippen molar-refractivity contribution in [3.63, 3.8) is 0 Å². The van der Waals surface area contributed by atoms with Crippen molar-refractivity contribution in [3.8, 4) is 0 Å². The zero-order valence-corrected chi connectivity index (χ0v) is 5.74. The highest BCUT2D eigenvalue weighted by molar-refractivity contribution is 6.23. The molecule has 0 aliphatic carbocycles. The Bertz CT molecular complexity index is 72.6. The molecule has 0 aromatic rings. The van der Waals surface area contributed by atoms with Crippen molar-refractivity contribution in [3.05, 3.63) is 6.42 Å². The molecule has 1 saturated heterocycles. The number of ether oxygens (including phenoxy) is 1. The third-order valence-corrected chi connectivity index (χ3v) is 1.47. The fourth-order valence-corrected chi connectivity index (χ4v) is 0.960. The molecule has 0 saturated carbocycles. The second kappa shape index (κ2) is 2.24.